The molecule has 0 aromatic heterocycles. The second kappa shape index (κ2) is 7.80. The largest absolute Gasteiger partial charge is 0.317 e. The fraction of sp³-hybridized carbons (Fsp3) is 0.800. The van der Waals surface area contributed by atoms with Gasteiger partial charge in [0.15, 0.2) is 0 Å². The van der Waals surface area contributed by atoms with Crippen molar-refractivity contribution in [1.29, 1.82) is 0 Å². The number of rotatable bonds is 6. The van der Waals surface area contributed by atoms with E-state index in [-0.39, 0.29) is 0 Å². The molecule has 0 radical (unpaired) electrons. The van der Waals surface area contributed by atoms with Gasteiger partial charge in [-0.1, -0.05) is 25.5 Å². The molecular formula is C10H21N. The Morgan fingerprint density at radius 1 is 1.36 bits per heavy atom. The molecule has 1 heteroatoms. The van der Waals surface area contributed by atoms with Gasteiger partial charge in [0.05, 0.1) is 0 Å². The van der Waals surface area contributed by atoms with Gasteiger partial charge in [-0.05, 0) is 33.2 Å². The van der Waals surface area contributed by atoms with E-state index < -0.39 is 0 Å². The predicted molar refractivity (Wildman–Crippen MR) is 51.8 cm³/mol. The Morgan fingerprint density at radius 3 is 2.55 bits per heavy atom. The maximum Gasteiger partial charge on any atom is 0.00669 e. The summed E-state index contributed by atoms with van der Waals surface area (Å²) in [5.74, 6) is 0. The molecule has 0 aromatic carbocycles. The highest BCUT2D eigenvalue weighted by Gasteiger charge is 2.01. The van der Waals surface area contributed by atoms with Gasteiger partial charge in [0, 0.05) is 6.04 Å². The summed E-state index contributed by atoms with van der Waals surface area (Å²) in [7, 11) is 2.05. The van der Waals surface area contributed by atoms with Crippen LogP contribution in [-0.4, -0.2) is 13.1 Å². The van der Waals surface area contributed by atoms with Crippen molar-refractivity contribution < 1.29 is 0 Å². The van der Waals surface area contributed by atoms with Crippen molar-refractivity contribution in [2.45, 2.75) is 45.6 Å². The van der Waals surface area contributed by atoms with Crippen LogP contribution in [0.15, 0.2) is 12.2 Å². The molecule has 0 aromatic rings. The highest BCUT2D eigenvalue weighted by atomic mass is 14.9. The molecule has 0 saturated heterocycles. The van der Waals surface area contributed by atoms with Gasteiger partial charge in [-0.15, -0.1) is 0 Å². The van der Waals surface area contributed by atoms with Crippen LogP contribution in [0.3, 0.4) is 0 Å². The van der Waals surface area contributed by atoms with Gasteiger partial charge in [0.25, 0.3) is 0 Å². The molecule has 0 fully saturated rings. The van der Waals surface area contributed by atoms with Crippen molar-refractivity contribution in [3.05, 3.63) is 12.2 Å². The van der Waals surface area contributed by atoms with Crippen LogP contribution in [0, 0.1) is 0 Å². The highest BCUT2D eigenvalue weighted by Crippen LogP contribution is 2.04. The van der Waals surface area contributed by atoms with Crippen molar-refractivity contribution in [2.75, 3.05) is 7.05 Å². The van der Waals surface area contributed by atoms with Crippen LogP contribution in [0.2, 0.25) is 0 Å². The maximum atomic E-state index is 3.33. The zero-order valence-electron chi connectivity index (χ0n) is 8.06. The Hall–Kier alpha value is -0.300. The first-order valence-corrected chi connectivity index (χ1v) is 4.63. The fourth-order valence-corrected chi connectivity index (χ4v) is 1.25. The van der Waals surface area contributed by atoms with Crippen molar-refractivity contribution in [2.24, 2.45) is 0 Å². The Morgan fingerprint density at radius 2 is 2.09 bits per heavy atom. The van der Waals surface area contributed by atoms with Crippen molar-refractivity contribution >= 4 is 0 Å². The van der Waals surface area contributed by atoms with Gasteiger partial charge in [-0.2, -0.15) is 0 Å². The molecule has 1 nitrogen and oxygen atoms in total. The lowest BCUT2D eigenvalue weighted by atomic mass is 10.1. The minimum absolute atomic E-state index is 0.719. The third-order valence-electron chi connectivity index (χ3n) is 1.96. The molecule has 0 amide bonds. The SMILES string of the molecule is C/C=C/CCC(CCC)NC. The van der Waals surface area contributed by atoms with Gasteiger partial charge in [-0.25, -0.2) is 0 Å². The summed E-state index contributed by atoms with van der Waals surface area (Å²) in [5, 5.41) is 3.33. The number of hydrogen-bond donors (Lipinski definition) is 1. The third kappa shape index (κ3) is 6.11. The molecular weight excluding hydrogens is 134 g/mol. The molecule has 0 aliphatic rings. The van der Waals surface area contributed by atoms with E-state index in [4.69, 9.17) is 0 Å². The van der Waals surface area contributed by atoms with Crippen LogP contribution in [0.5, 0.6) is 0 Å². The van der Waals surface area contributed by atoms with E-state index in [1.54, 1.807) is 0 Å². The number of allylic oxidation sites excluding steroid dienone is 2. The van der Waals surface area contributed by atoms with Gasteiger partial charge in [-0.3, -0.25) is 0 Å². The second-order valence-electron chi connectivity index (χ2n) is 2.92. The maximum absolute atomic E-state index is 3.33. The van der Waals surface area contributed by atoms with E-state index >= 15 is 0 Å². The lowest BCUT2D eigenvalue weighted by molar-refractivity contribution is 0.487. The van der Waals surface area contributed by atoms with Gasteiger partial charge < -0.3 is 5.32 Å². The summed E-state index contributed by atoms with van der Waals surface area (Å²) in [6, 6.07) is 0.719. The van der Waals surface area contributed by atoms with E-state index in [0.717, 1.165) is 6.04 Å². The normalized spacial score (nSPS) is 14.1. The molecule has 1 N–H and O–H groups in total. The van der Waals surface area contributed by atoms with Crippen LogP contribution in [0.4, 0.5) is 0 Å². The predicted octanol–water partition coefficient (Wildman–Crippen LogP) is 2.73. The molecule has 0 bridgehead atoms. The summed E-state index contributed by atoms with van der Waals surface area (Å²) >= 11 is 0. The zero-order chi connectivity index (χ0) is 8.53. The second-order valence-corrected chi connectivity index (χ2v) is 2.92. The van der Waals surface area contributed by atoms with E-state index in [9.17, 15) is 0 Å². The molecule has 11 heavy (non-hydrogen) atoms. The average Bonchev–Trinajstić information content (AvgIpc) is 2.03. The molecule has 66 valence electrons. The van der Waals surface area contributed by atoms with Crippen LogP contribution in [-0.2, 0) is 0 Å². The standard InChI is InChI=1S/C10H21N/c1-4-6-7-9-10(11-3)8-5-2/h4,6,10-11H,5,7-9H2,1-3H3/b6-4+. The Balaban J connectivity index is 3.35. The van der Waals surface area contributed by atoms with Crippen LogP contribution in [0.1, 0.15) is 39.5 Å². The smallest absolute Gasteiger partial charge is 0.00669 e. The van der Waals surface area contributed by atoms with Crippen molar-refractivity contribution in [3.63, 3.8) is 0 Å². The zero-order valence-corrected chi connectivity index (χ0v) is 8.06. The minimum atomic E-state index is 0.719. The Bertz CT molecular complexity index is 97.0. The van der Waals surface area contributed by atoms with Gasteiger partial charge in [0.2, 0.25) is 0 Å². The molecule has 0 heterocycles. The molecule has 1 atom stereocenters. The first kappa shape index (κ1) is 10.7. The fourth-order valence-electron chi connectivity index (χ4n) is 1.25. The van der Waals surface area contributed by atoms with E-state index in [0.29, 0.717) is 0 Å². The van der Waals surface area contributed by atoms with Crippen LogP contribution < -0.4 is 5.32 Å². The number of hydrogen-bond acceptors (Lipinski definition) is 1. The van der Waals surface area contributed by atoms with Crippen molar-refractivity contribution in [3.8, 4) is 0 Å². The summed E-state index contributed by atoms with van der Waals surface area (Å²) in [4.78, 5) is 0. The number of nitrogens with one attached hydrogen (secondary N) is 1. The third-order valence-corrected chi connectivity index (χ3v) is 1.96. The van der Waals surface area contributed by atoms with Gasteiger partial charge in [0.1, 0.15) is 0 Å². The Kier molecular flexibility index (Phi) is 7.59. The minimum Gasteiger partial charge on any atom is -0.317 e. The van der Waals surface area contributed by atoms with E-state index in [1.165, 1.54) is 25.7 Å². The summed E-state index contributed by atoms with van der Waals surface area (Å²) in [6.07, 6.45) is 9.42. The molecule has 0 spiro atoms. The van der Waals surface area contributed by atoms with Crippen molar-refractivity contribution in [1.82, 2.24) is 5.32 Å². The van der Waals surface area contributed by atoms with E-state index in [2.05, 4.69) is 38.4 Å². The van der Waals surface area contributed by atoms with Crippen LogP contribution in [0.25, 0.3) is 0 Å². The molecule has 1 unspecified atom stereocenters. The Labute approximate surface area is 70.9 Å². The average molecular weight is 155 g/mol. The summed E-state index contributed by atoms with van der Waals surface area (Å²) in [5.41, 5.74) is 0. The lowest BCUT2D eigenvalue weighted by Crippen LogP contribution is -2.24. The monoisotopic (exact) mass is 155 g/mol. The lowest BCUT2D eigenvalue weighted by Gasteiger charge is -2.13. The summed E-state index contributed by atoms with van der Waals surface area (Å²) < 4.78 is 0. The van der Waals surface area contributed by atoms with Crippen LogP contribution >= 0.6 is 0 Å². The molecule has 0 rings (SSSR count). The summed E-state index contributed by atoms with van der Waals surface area (Å²) in [6.45, 7) is 4.31. The highest BCUT2D eigenvalue weighted by molar-refractivity contribution is 4.79. The molecule has 0 aliphatic carbocycles. The topological polar surface area (TPSA) is 12.0 Å². The first-order valence-electron chi connectivity index (χ1n) is 4.63. The molecule has 0 aliphatic heterocycles. The molecule has 0 saturated carbocycles. The van der Waals surface area contributed by atoms with Gasteiger partial charge >= 0.3 is 0 Å². The quantitative estimate of drug-likeness (QED) is 0.582. The first-order chi connectivity index (χ1) is 5.35. The van der Waals surface area contributed by atoms with E-state index in [1.807, 2.05) is 0 Å².